The van der Waals surface area contributed by atoms with Gasteiger partial charge in [-0.05, 0) is 0 Å². The number of rotatable bonds is 3. The van der Waals surface area contributed by atoms with Gasteiger partial charge in [-0.2, -0.15) is 13.2 Å². The first-order valence-electron chi connectivity index (χ1n) is 4.46. The Morgan fingerprint density at radius 1 is 1.26 bits per heavy atom. The summed E-state index contributed by atoms with van der Waals surface area (Å²) in [6.45, 7) is 0. The van der Waals surface area contributed by atoms with Crippen molar-refractivity contribution in [3.63, 3.8) is 0 Å². The largest absolute Gasteiger partial charge is 0.573 e. The van der Waals surface area contributed by atoms with Gasteiger partial charge < -0.3 is 4.74 Å². The van der Waals surface area contributed by atoms with Gasteiger partial charge in [-0.1, -0.05) is 15.9 Å². The van der Waals surface area contributed by atoms with Crippen molar-refractivity contribution < 1.29 is 35.9 Å². The van der Waals surface area contributed by atoms with Crippen LogP contribution in [0.15, 0.2) is 6.07 Å². The molecule has 1 rings (SSSR count). The van der Waals surface area contributed by atoms with E-state index in [1.165, 1.54) is 0 Å². The van der Waals surface area contributed by atoms with E-state index < -0.39 is 40.6 Å². The fraction of sp³-hybridized carbons (Fsp3) is 0.333. The molecule has 0 amide bonds. The van der Waals surface area contributed by atoms with Gasteiger partial charge in [0.2, 0.25) is 0 Å². The van der Waals surface area contributed by atoms with E-state index in [2.05, 4.69) is 25.7 Å². The van der Waals surface area contributed by atoms with Crippen molar-refractivity contribution >= 4 is 22.2 Å². The van der Waals surface area contributed by atoms with Crippen molar-refractivity contribution in [2.45, 2.75) is 17.9 Å². The normalized spacial score (nSPS) is 12.4. The lowest BCUT2D eigenvalue weighted by molar-refractivity contribution is -0.275. The van der Waals surface area contributed by atoms with Gasteiger partial charge in [-0.15, -0.1) is 13.2 Å². The zero-order valence-electron chi connectivity index (χ0n) is 8.77. The fourth-order valence-corrected chi connectivity index (χ4v) is 1.75. The molecule has 0 unspecified atom stereocenters. The van der Waals surface area contributed by atoms with Crippen molar-refractivity contribution in [1.29, 1.82) is 0 Å². The number of alkyl halides is 7. The van der Waals surface area contributed by atoms with Gasteiger partial charge in [0.25, 0.3) is 0 Å². The van der Waals surface area contributed by atoms with Crippen LogP contribution in [-0.2, 0) is 11.5 Å². The Kier molecular flexibility index (Phi) is 4.43. The Labute approximate surface area is 110 Å². The maximum atomic E-state index is 12.6. The van der Waals surface area contributed by atoms with E-state index >= 15 is 0 Å². The predicted octanol–water partition coefficient (Wildman–Crippen LogP) is 3.71. The predicted molar refractivity (Wildman–Crippen MR) is 53.9 cm³/mol. The van der Waals surface area contributed by atoms with Crippen molar-refractivity contribution in [3.05, 3.63) is 23.0 Å². The highest BCUT2D eigenvalue weighted by Crippen LogP contribution is 2.37. The molecule has 3 nitrogen and oxygen atoms in total. The van der Waals surface area contributed by atoms with Crippen LogP contribution in [-0.4, -0.2) is 17.6 Å². The molecule has 0 radical (unpaired) electrons. The molecule has 19 heavy (non-hydrogen) atoms. The molecular formula is C9H4BrF6NO2. The number of ether oxygens (including phenoxy) is 1. The van der Waals surface area contributed by atoms with Crippen LogP contribution in [0.25, 0.3) is 0 Å². The summed E-state index contributed by atoms with van der Waals surface area (Å²) in [7, 11) is 0. The third-order valence-electron chi connectivity index (χ3n) is 1.85. The molecule has 0 saturated carbocycles. The van der Waals surface area contributed by atoms with Crippen LogP contribution < -0.4 is 4.74 Å². The van der Waals surface area contributed by atoms with E-state index in [-0.39, 0.29) is 6.29 Å². The summed E-state index contributed by atoms with van der Waals surface area (Å²) >= 11 is 2.63. The number of pyridine rings is 1. The minimum atomic E-state index is -5.18. The standard InChI is InChI=1S/C9H4BrF6NO2/c10-2-5-6(19-9(14,15)16)1-4(3-18)17-7(5)8(11,12)13/h1,3H,2H2. The minimum absolute atomic E-state index is 0.101. The maximum absolute atomic E-state index is 12.6. The van der Waals surface area contributed by atoms with E-state index in [9.17, 15) is 31.1 Å². The topological polar surface area (TPSA) is 39.2 Å². The summed E-state index contributed by atoms with van der Waals surface area (Å²) in [5.41, 5.74) is -3.25. The Balaban J connectivity index is 3.48. The summed E-state index contributed by atoms with van der Waals surface area (Å²) in [5.74, 6) is -1.12. The molecule has 0 atom stereocenters. The Morgan fingerprint density at radius 3 is 2.21 bits per heavy atom. The van der Waals surface area contributed by atoms with E-state index in [1.807, 2.05) is 0 Å². The summed E-state index contributed by atoms with van der Waals surface area (Å²) < 4.78 is 77.6. The Morgan fingerprint density at radius 2 is 1.84 bits per heavy atom. The van der Waals surface area contributed by atoms with Gasteiger partial charge in [0.1, 0.15) is 11.4 Å². The summed E-state index contributed by atoms with van der Waals surface area (Å²) in [6, 6.07) is 0.492. The van der Waals surface area contributed by atoms with Crippen LogP contribution in [0.3, 0.4) is 0 Å². The highest BCUT2D eigenvalue weighted by Gasteiger charge is 2.39. The third-order valence-corrected chi connectivity index (χ3v) is 2.41. The highest BCUT2D eigenvalue weighted by molar-refractivity contribution is 9.08. The number of carbonyl (C=O) groups excluding carboxylic acids is 1. The number of hydrogen-bond donors (Lipinski definition) is 0. The van der Waals surface area contributed by atoms with Crippen LogP contribution in [0.4, 0.5) is 26.3 Å². The molecule has 0 spiro atoms. The van der Waals surface area contributed by atoms with Gasteiger partial charge in [-0.3, -0.25) is 4.79 Å². The Bertz CT molecular complexity index is 485. The fourth-order valence-electron chi connectivity index (χ4n) is 1.21. The van der Waals surface area contributed by atoms with Crippen molar-refractivity contribution in [1.82, 2.24) is 4.98 Å². The molecule has 0 aliphatic heterocycles. The average molecular weight is 352 g/mol. The number of aromatic nitrogens is 1. The lowest BCUT2D eigenvalue weighted by Crippen LogP contribution is -2.21. The van der Waals surface area contributed by atoms with Crippen molar-refractivity contribution in [2.75, 3.05) is 0 Å². The van der Waals surface area contributed by atoms with Crippen molar-refractivity contribution in [2.24, 2.45) is 0 Å². The molecule has 106 valence electrons. The molecular weight excluding hydrogens is 348 g/mol. The first-order valence-corrected chi connectivity index (χ1v) is 5.58. The van der Waals surface area contributed by atoms with Crippen LogP contribution in [0.2, 0.25) is 0 Å². The SMILES string of the molecule is O=Cc1cc(OC(F)(F)F)c(CBr)c(C(F)(F)F)n1. The van der Waals surface area contributed by atoms with E-state index in [0.29, 0.717) is 6.07 Å². The minimum Gasteiger partial charge on any atom is -0.405 e. The zero-order chi connectivity index (χ0) is 14.8. The molecule has 0 aromatic carbocycles. The molecule has 1 aromatic heterocycles. The smallest absolute Gasteiger partial charge is 0.405 e. The molecule has 1 aromatic rings. The summed E-state index contributed by atoms with van der Waals surface area (Å²) in [6.07, 6.45) is -10.3. The monoisotopic (exact) mass is 351 g/mol. The molecule has 0 aliphatic rings. The number of halogens is 7. The van der Waals surface area contributed by atoms with Gasteiger partial charge in [-0.25, -0.2) is 4.98 Å². The lowest BCUT2D eigenvalue weighted by atomic mass is 10.1. The number of nitrogens with zero attached hydrogens (tertiary/aromatic N) is 1. The van der Waals surface area contributed by atoms with E-state index in [4.69, 9.17) is 0 Å². The second-order valence-electron chi connectivity index (χ2n) is 3.17. The summed E-state index contributed by atoms with van der Waals surface area (Å²) in [5, 5.41) is -0.570. The van der Waals surface area contributed by atoms with Crippen LogP contribution in [0.5, 0.6) is 5.75 Å². The third kappa shape index (κ3) is 4.08. The number of hydrogen-bond acceptors (Lipinski definition) is 3. The maximum Gasteiger partial charge on any atom is 0.573 e. The molecule has 0 N–H and O–H groups in total. The van der Waals surface area contributed by atoms with E-state index in [0.717, 1.165) is 0 Å². The average Bonchev–Trinajstić information content (AvgIpc) is 2.24. The van der Waals surface area contributed by atoms with Gasteiger partial charge in [0, 0.05) is 17.0 Å². The molecule has 1 heterocycles. The zero-order valence-corrected chi connectivity index (χ0v) is 10.4. The second kappa shape index (κ2) is 5.35. The van der Waals surface area contributed by atoms with Crippen LogP contribution in [0, 0.1) is 0 Å². The first-order chi connectivity index (χ1) is 8.58. The van der Waals surface area contributed by atoms with Gasteiger partial charge in [0.05, 0.1) is 0 Å². The van der Waals surface area contributed by atoms with Gasteiger partial charge in [0.15, 0.2) is 12.0 Å². The first kappa shape index (κ1) is 15.7. The quantitative estimate of drug-likeness (QED) is 0.473. The van der Waals surface area contributed by atoms with E-state index in [1.54, 1.807) is 0 Å². The van der Waals surface area contributed by atoms with Crippen LogP contribution >= 0.6 is 15.9 Å². The molecule has 0 fully saturated rings. The van der Waals surface area contributed by atoms with Crippen LogP contribution in [0.1, 0.15) is 21.7 Å². The lowest BCUT2D eigenvalue weighted by Gasteiger charge is -2.16. The number of aldehydes is 1. The highest BCUT2D eigenvalue weighted by atomic mass is 79.9. The molecule has 10 heteroatoms. The molecule has 0 saturated heterocycles. The molecule has 0 aliphatic carbocycles. The second-order valence-corrected chi connectivity index (χ2v) is 3.73. The Hall–Kier alpha value is -1.32. The van der Waals surface area contributed by atoms with Gasteiger partial charge >= 0.3 is 12.5 Å². The van der Waals surface area contributed by atoms with Crippen molar-refractivity contribution in [3.8, 4) is 5.75 Å². The summed E-state index contributed by atoms with van der Waals surface area (Å²) in [4.78, 5) is 13.4. The number of carbonyl (C=O) groups is 1. The molecule has 0 bridgehead atoms.